The summed E-state index contributed by atoms with van der Waals surface area (Å²) >= 11 is 0. The van der Waals surface area contributed by atoms with Crippen LogP contribution in [-0.2, 0) is 0 Å². The molecule has 81 valence electrons. The highest BCUT2D eigenvalue weighted by Gasteiger charge is 2.09. The first-order chi connectivity index (χ1) is 7.70. The molecular formula is C15H17Si. The zero-order chi connectivity index (χ0) is 11.5. The minimum atomic E-state index is -0.405. The van der Waals surface area contributed by atoms with Crippen LogP contribution in [-0.4, -0.2) is 8.80 Å². The second-order valence-corrected chi connectivity index (χ2v) is 6.90. The summed E-state index contributed by atoms with van der Waals surface area (Å²) in [4.78, 5) is 0. The molecule has 2 aromatic carbocycles. The van der Waals surface area contributed by atoms with E-state index in [0.29, 0.717) is 0 Å². The minimum Gasteiger partial charge on any atom is -0.0671 e. The molecule has 16 heavy (non-hydrogen) atoms. The molecule has 2 rings (SSSR count). The van der Waals surface area contributed by atoms with E-state index in [-0.39, 0.29) is 0 Å². The van der Waals surface area contributed by atoms with E-state index in [0.717, 1.165) is 0 Å². The predicted octanol–water partition coefficient (Wildman–Crippen LogP) is 3.62. The lowest BCUT2D eigenvalue weighted by Gasteiger charge is -2.13. The molecule has 0 aliphatic heterocycles. The van der Waals surface area contributed by atoms with Crippen molar-refractivity contribution in [2.75, 3.05) is 0 Å². The molecule has 0 atom stereocenters. The van der Waals surface area contributed by atoms with E-state index in [4.69, 9.17) is 0 Å². The van der Waals surface area contributed by atoms with Crippen molar-refractivity contribution >= 4 is 14.0 Å². The molecule has 1 heteroatoms. The lowest BCUT2D eigenvalue weighted by atomic mass is 10.0. The van der Waals surface area contributed by atoms with Crippen LogP contribution in [0.3, 0.4) is 0 Å². The lowest BCUT2D eigenvalue weighted by Crippen LogP contribution is -2.24. The van der Waals surface area contributed by atoms with Crippen LogP contribution in [0, 0.1) is 6.92 Å². The van der Waals surface area contributed by atoms with Crippen LogP contribution in [0.5, 0.6) is 0 Å². The van der Waals surface area contributed by atoms with E-state index >= 15 is 0 Å². The number of aryl methyl sites for hydroxylation is 1. The van der Waals surface area contributed by atoms with Gasteiger partial charge in [0, 0.05) is 0 Å². The second kappa shape index (κ2) is 4.66. The van der Waals surface area contributed by atoms with E-state index in [9.17, 15) is 0 Å². The van der Waals surface area contributed by atoms with Gasteiger partial charge in [0.2, 0.25) is 0 Å². The monoisotopic (exact) mass is 225 g/mol. The summed E-state index contributed by atoms with van der Waals surface area (Å²) in [6, 6.07) is 17.4. The van der Waals surface area contributed by atoms with Gasteiger partial charge in [0.1, 0.15) is 0 Å². The normalized spacial score (nSPS) is 10.8. The number of hydrogen-bond donors (Lipinski definition) is 0. The van der Waals surface area contributed by atoms with Crippen molar-refractivity contribution in [1.82, 2.24) is 0 Å². The van der Waals surface area contributed by atoms with Gasteiger partial charge in [-0.15, -0.1) is 0 Å². The van der Waals surface area contributed by atoms with Gasteiger partial charge in [0.05, 0.1) is 8.80 Å². The molecule has 0 aliphatic carbocycles. The Kier molecular flexibility index (Phi) is 3.25. The van der Waals surface area contributed by atoms with Gasteiger partial charge in [-0.25, -0.2) is 0 Å². The average Bonchev–Trinajstić information content (AvgIpc) is 2.29. The largest absolute Gasteiger partial charge is 0.0799 e. The van der Waals surface area contributed by atoms with Crippen molar-refractivity contribution in [3.63, 3.8) is 0 Å². The van der Waals surface area contributed by atoms with Crippen molar-refractivity contribution < 1.29 is 0 Å². The molecule has 0 aromatic heterocycles. The van der Waals surface area contributed by atoms with Crippen LogP contribution in [0.1, 0.15) is 5.56 Å². The van der Waals surface area contributed by atoms with Crippen LogP contribution >= 0.6 is 0 Å². The van der Waals surface area contributed by atoms with Crippen LogP contribution in [0.25, 0.3) is 11.1 Å². The Labute approximate surface area is 99.6 Å². The van der Waals surface area contributed by atoms with E-state index in [1.807, 2.05) is 0 Å². The molecular weight excluding hydrogens is 208 g/mol. The van der Waals surface area contributed by atoms with Gasteiger partial charge < -0.3 is 0 Å². The summed E-state index contributed by atoms with van der Waals surface area (Å²) in [5, 5.41) is 1.53. The highest BCUT2D eigenvalue weighted by atomic mass is 28.3. The van der Waals surface area contributed by atoms with Crippen molar-refractivity contribution in [3.8, 4) is 11.1 Å². The molecule has 0 fully saturated rings. The minimum absolute atomic E-state index is 0.405. The summed E-state index contributed by atoms with van der Waals surface area (Å²) in [5.74, 6) is 0. The zero-order valence-corrected chi connectivity index (χ0v) is 11.1. The first kappa shape index (κ1) is 11.2. The Morgan fingerprint density at radius 2 is 1.31 bits per heavy atom. The lowest BCUT2D eigenvalue weighted by molar-refractivity contribution is 1.46. The smallest absolute Gasteiger partial charge is 0.0671 e. The van der Waals surface area contributed by atoms with Crippen molar-refractivity contribution in [2.24, 2.45) is 0 Å². The van der Waals surface area contributed by atoms with Crippen LogP contribution in [0.2, 0.25) is 13.1 Å². The SMILES string of the molecule is Cc1ccccc1-c1ccccc1[Si](C)C. The van der Waals surface area contributed by atoms with Crippen molar-refractivity contribution in [1.29, 1.82) is 0 Å². The number of hydrogen-bond acceptors (Lipinski definition) is 0. The summed E-state index contributed by atoms with van der Waals surface area (Å²) in [7, 11) is -0.405. The maximum Gasteiger partial charge on any atom is 0.0799 e. The molecule has 0 spiro atoms. The van der Waals surface area contributed by atoms with Crippen molar-refractivity contribution in [2.45, 2.75) is 20.0 Å². The van der Waals surface area contributed by atoms with E-state index < -0.39 is 8.80 Å². The molecule has 0 heterocycles. The van der Waals surface area contributed by atoms with Crippen LogP contribution in [0.4, 0.5) is 0 Å². The third-order valence-electron chi connectivity index (χ3n) is 2.90. The Morgan fingerprint density at radius 3 is 1.94 bits per heavy atom. The molecule has 0 aliphatic rings. The molecule has 0 saturated heterocycles. The molecule has 0 amide bonds. The molecule has 0 nitrogen and oxygen atoms in total. The maximum absolute atomic E-state index is 2.35. The topological polar surface area (TPSA) is 0 Å². The first-order valence-electron chi connectivity index (χ1n) is 5.65. The highest BCUT2D eigenvalue weighted by molar-refractivity contribution is 6.72. The van der Waals surface area contributed by atoms with Crippen LogP contribution in [0.15, 0.2) is 48.5 Å². The fraction of sp³-hybridized carbons (Fsp3) is 0.200. The van der Waals surface area contributed by atoms with E-state index in [1.165, 1.54) is 21.9 Å². The van der Waals surface area contributed by atoms with Crippen LogP contribution < -0.4 is 5.19 Å². The van der Waals surface area contributed by atoms with Gasteiger partial charge in [-0.3, -0.25) is 0 Å². The summed E-state index contributed by atoms with van der Waals surface area (Å²) in [6.07, 6.45) is 0. The highest BCUT2D eigenvalue weighted by Crippen LogP contribution is 2.21. The summed E-state index contributed by atoms with van der Waals surface area (Å²) < 4.78 is 0. The summed E-state index contributed by atoms with van der Waals surface area (Å²) in [6.45, 7) is 6.88. The van der Waals surface area contributed by atoms with Gasteiger partial charge in [-0.05, 0) is 23.6 Å². The zero-order valence-electron chi connectivity index (χ0n) is 10.1. The first-order valence-corrected chi connectivity index (χ1v) is 8.15. The van der Waals surface area contributed by atoms with Gasteiger partial charge in [0.25, 0.3) is 0 Å². The maximum atomic E-state index is 2.35. The van der Waals surface area contributed by atoms with Gasteiger partial charge in [-0.1, -0.05) is 66.8 Å². The number of benzene rings is 2. The molecule has 2 aromatic rings. The predicted molar refractivity (Wildman–Crippen MR) is 73.7 cm³/mol. The Hall–Kier alpha value is -1.34. The van der Waals surface area contributed by atoms with E-state index in [2.05, 4.69) is 68.5 Å². The molecule has 1 radical (unpaired) electrons. The Morgan fingerprint density at radius 1 is 0.750 bits per heavy atom. The summed E-state index contributed by atoms with van der Waals surface area (Å²) in [5.41, 5.74) is 4.15. The number of rotatable bonds is 2. The van der Waals surface area contributed by atoms with Gasteiger partial charge >= 0.3 is 0 Å². The van der Waals surface area contributed by atoms with Gasteiger partial charge in [0.15, 0.2) is 0 Å². The third kappa shape index (κ3) is 2.09. The quantitative estimate of drug-likeness (QED) is 0.685. The Bertz CT molecular complexity index is 486. The van der Waals surface area contributed by atoms with E-state index in [1.54, 1.807) is 0 Å². The Balaban J connectivity index is 2.60. The fourth-order valence-corrected chi connectivity index (χ4v) is 3.22. The molecule has 0 unspecified atom stereocenters. The fourth-order valence-electron chi connectivity index (χ4n) is 2.03. The van der Waals surface area contributed by atoms with Gasteiger partial charge in [-0.2, -0.15) is 0 Å². The average molecular weight is 225 g/mol. The second-order valence-electron chi connectivity index (χ2n) is 4.36. The molecule has 0 N–H and O–H groups in total. The standard InChI is InChI=1S/C15H17Si/c1-12-8-4-5-9-13(12)14-10-6-7-11-15(14)16(2)3/h4-11H,1-3H3. The van der Waals surface area contributed by atoms with Crippen molar-refractivity contribution in [3.05, 3.63) is 54.1 Å². The molecule has 0 bridgehead atoms. The third-order valence-corrected chi connectivity index (χ3v) is 4.41. The molecule has 0 saturated carbocycles.